The highest BCUT2D eigenvalue weighted by Crippen LogP contribution is 2.27. The predicted molar refractivity (Wildman–Crippen MR) is 96.5 cm³/mol. The summed E-state index contributed by atoms with van der Waals surface area (Å²) in [6.07, 6.45) is 0.978. The van der Waals surface area contributed by atoms with E-state index < -0.39 is 10.0 Å². The molecular weight excluding hydrogens is 390 g/mol. The van der Waals surface area contributed by atoms with Gasteiger partial charge in [-0.1, -0.05) is 6.92 Å². The van der Waals surface area contributed by atoms with Gasteiger partial charge in [0.15, 0.2) is 0 Å². The van der Waals surface area contributed by atoms with Gasteiger partial charge in [0.1, 0.15) is 0 Å². The van der Waals surface area contributed by atoms with E-state index in [4.69, 9.17) is 0 Å². The molecule has 1 fully saturated rings. The Balaban J connectivity index is 0.00000242. The van der Waals surface area contributed by atoms with E-state index in [1.165, 1.54) is 0 Å². The number of nitrogens with one attached hydrogen (secondary N) is 2. The normalized spacial score (nSPS) is 22.0. The van der Waals surface area contributed by atoms with Crippen molar-refractivity contribution in [1.82, 2.24) is 10.0 Å². The van der Waals surface area contributed by atoms with Crippen molar-refractivity contribution in [3.8, 4) is 0 Å². The van der Waals surface area contributed by atoms with Crippen molar-refractivity contribution in [2.75, 3.05) is 32.1 Å². The van der Waals surface area contributed by atoms with Crippen molar-refractivity contribution < 1.29 is 8.42 Å². The third-order valence-electron chi connectivity index (χ3n) is 3.85. The highest BCUT2D eigenvalue weighted by Gasteiger charge is 2.28. The standard InChI is InChI=1S/C14H22BrN3O2S.ClH/c1-10-6-7-16-9-13(10)17-21(19,20)14-8-11(18(2)3)4-5-12(14)15;/h4-5,8,10,13,16-17H,6-7,9H2,1-3H3;1H. The van der Waals surface area contributed by atoms with E-state index in [0.29, 0.717) is 16.9 Å². The molecule has 1 heterocycles. The van der Waals surface area contributed by atoms with Crippen LogP contribution in [0.3, 0.4) is 0 Å². The molecule has 1 aliphatic rings. The molecule has 1 aromatic carbocycles. The third-order valence-corrected chi connectivity index (χ3v) is 6.34. The minimum atomic E-state index is -3.54. The zero-order valence-corrected chi connectivity index (χ0v) is 16.2. The van der Waals surface area contributed by atoms with Crippen molar-refractivity contribution in [2.24, 2.45) is 5.92 Å². The number of piperidine rings is 1. The average molecular weight is 413 g/mol. The van der Waals surface area contributed by atoms with Gasteiger partial charge in [-0.25, -0.2) is 13.1 Å². The van der Waals surface area contributed by atoms with Gasteiger partial charge in [0, 0.05) is 36.8 Å². The van der Waals surface area contributed by atoms with Crippen LogP contribution in [0.1, 0.15) is 13.3 Å². The summed E-state index contributed by atoms with van der Waals surface area (Å²) in [4.78, 5) is 2.17. The fourth-order valence-corrected chi connectivity index (χ4v) is 4.71. The first-order valence-corrected chi connectivity index (χ1v) is 9.29. The number of anilines is 1. The quantitative estimate of drug-likeness (QED) is 0.796. The number of sulfonamides is 1. The lowest BCUT2D eigenvalue weighted by atomic mass is 9.96. The Morgan fingerprint density at radius 1 is 1.36 bits per heavy atom. The highest BCUT2D eigenvalue weighted by molar-refractivity contribution is 9.10. The first-order chi connectivity index (χ1) is 9.81. The maximum absolute atomic E-state index is 12.7. The number of halogens is 2. The fraction of sp³-hybridized carbons (Fsp3) is 0.571. The number of hydrogen-bond acceptors (Lipinski definition) is 4. The highest BCUT2D eigenvalue weighted by atomic mass is 79.9. The molecule has 0 spiro atoms. The van der Waals surface area contributed by atoms with Gasteiger partial charge in [0.2, 0.25) is 10.0 Å². The van der Waals surface area contributed by atoms with Crippen molar-refractivity contribution in [3.05, 3.63) is 22.7 Å². The lowest BCUT2D eigenvalue weighted by molar-refractivity contribution is 0.327. The minimum Gasteiger partial charge on any atom is -0.378 e. The van der Waals surface area contributed by atoms with Gasteiger partial charge >= 0.3 is 0 Å². The predicted octanol–water partition coefficient (Wildman–Crippen LogP) is 2.21. The van der Waals surface area contributed by atoms with Crippen molar-refractivity contribution in [1.29, 1.82) is 0 Å². The number of rotatable bonds is 4. The molecule has 2 atom stereocenters. The van der Waals surface area contributed by atoms with Crippen LogP contribution < -0.4 is 14.9 Å². The Kier molecular flexibility index (Phi) is 7.14. The van der Waals surface area contributed by atoms with Gasteiger partial charge in [-0.05, 0) is 53.0 Å². The molecular formula is C14H23BrClN3O2S. The first-order valence-electron chi connectivity index (χ1n) is 7.01. The summed E-state index contributed by atoms with van der Waals surface area (Å²) in [5, 5.41) is 3.24. The Morgan fingerprint density at radius 3 is 2.64 bits per heavy atom. The van der Waals surface area contributed by atoms with Crippen LogP contribution in [0.4, 0.5) is 5.69 Å². The second-order valence-corrected chi connectivity index (χ2v) is 8.24. The van der Waals surface area contributed by atoms with Crippen LogP contribution in [0.15, 0.2) is 27.6 Å². The monoisotopic (exact) mass is 411 g/mol. The summed E-state index contributed by atoms with van der Waals surface area (Å²) in [7, 11) is 0.235. The Hall–Kier alpha value is -0.340. The van der Waals surface area contributed by atoms with Crippen LogP contribution >= 0.6 is 28.3 Å². The van der Waals surface area contributed by atoms with Crippen LogP contribution in [0, 0.1) is 5.92 Å². The van der Waals surface area contributed by atoms with Crippen molar-refractivity contribution >= 4 is 44.0 Å². The molecule has 0 radical (unpaired) electrons. The zero-order chi connectivity index (χ0) is 15.6. The van der Waals surface area contributed by atoms with Gasteiger partial charge < -0.3 is 10.2 Å². The summed E-state index contributed by atoms with van der Waals surface area (Å²) in [5.74, 6) is 0.330. The van der Waals surface area contributed by atoms with E-state index in [9.17, 15) is 8.42 Å². The van der Waals surface area contributed by atoms with Crippen LogP contribution in [0.25, 0.3) is 0 Å². The summed E-state index contributed by atoms with van der Waals surface area (Å²) < 4.78 is 28.7. The molecule has 1 aliphatic heterocycles. The second-order valence-electron chi connectivity index (χ2n) is 5.71. The van der Waals surface area contributed by atoms with Crippen LogP contribution in [-0.2, 0) is 10.0 Å². The maximum atomic E-state index is 12.7. The molecule has 0 bridgehead atoms. The van der Waals surface area contributed by atoms with E-state index in [-0.39, 0.29) is 23.3 Å². The Labute approximate surface area is 147 Å². The van der Waals surface area contributed by atoms with Gasteiger partial charge in [0.25, 0.3) is 0 Å². The van der Waals surface area contributed by atoms with E-state index in [0.717, 1.165) is 18.7 Å². The number of benzene rings is 1. The summed E-state index contributed by atoms with van der Waals surface area (Å²) in [5.41, 5.74) is 0.855. The molecule has 8 heteroatoms. The molecule has 0 aliphatic carbocycles. The Bertz CT molecular complexity index is 610. The van der Waals surface area contributed by atoms with Crippen molar-refractivity contribution in [2.45, 2.75) is 24.3 Å². The van der Waals surface area contributed by atoms with Crippen molar-refractivity contribution in [3.63, 3.8) is 0 Å². The lowest BCUT2D eigenvalue weighted by Crippen LogP contribution is -2.50. The molecule has 0 saturated carbocycles. The molecule has 1 aromatic rings. The summed E-state index contributed by atoms with van der Waals surface area (Å²) in [6, 6.07) is 5.27. The topological polar surface area (TPSA) is 61.4 Å². The van der Waals surface area contributed by atoms with Crippen LogP contribution in [0.5, 0.6) is 0 Å². The molecule has 5 nitrogen and oxygen atoms in total. The minimum absolute atomic E-state index is 0. The zero-order valence-electron chi connectivity index (χ0n) is 13.0. The van der Waals surface area contributed by atoms with Crippen LogP contribution in [-0.4, -0.2) is 41.6 Å². The average Bonchev–Trinajstić information content (AvgIpc) is 2.41. The largest absolute Gasteiger partial charge is 0.378 e. The molecule has 0 aromatic heterocycles. The molecule has 2 rings (SSSR count). The Morgan fingerprint density at radius 2 is 2.05 bits per heavy atom. The van der Waals surface area contributed by atoms with E-state index in [2.05, 4.69) is 32.9 Å². The lowest BCUT2D eigenvalue weighted by Gasteiger charge is -2.30. The molecule has 0 amide bonds. The van der Waals surface area contributed by atoms with Crippen LogP contribution in [0.2, 0.25) is 0 Å². The molecule has 2 unspecified atom stereocenters. The summed E-state index contributed by atoms with van der Waals surface area (Å²) in [6.45, 7) is 3.70. The van der Waals surface area contributed by atoms with Gasteiger partial charge in [-0.3, -0.25) is 0 Å². The third kappa shape index (κ3) is 4.58. The van der Waals surface area contributed by atoms with E-state index in [1.54, 1.807) is 12.1 Å². The number of nitrogens with zero attached hydrogens (tertiary/aromatic N) is 1. The van der Waals surface area contributed by atoms with E-state index >= 15 is 0 Å². The smallest absolute Gasteiger partial charge is 0.242 e. The number of hydrogen-bond donors (Lipinski definition) is 2. The van der Waals surface area contributed by atoms with Gasteiger partial charge in [-0.15, -0.1) is 12.4 Å². The van der Waals surface area contributed by atoms with Gasteiger partial charge in [0.05, 0.1) is 4.90 Å². The summed E-state index contributed by atoms with van der Waals surface area (Å²) >= 11 is 3.34. The molecule has 126 valence electrons. The SMILES string of the molecule is CC1CCNCC1NS(=O)(=O)c1cc(N(C)C)ccc1Br.Cl. The fourth-order valence-electron chi connectivity index (χ4n) is 2.39. The maximum Gasteiger partial charge on any atom is 0.242 e. The van der Waals surface area contributed by atoms with E-state index in [1.807, 2.05) is 25.1 Å². The first kappa shape index (κ1) is 19.7. The van der Waals surface area contributed by atoms with Gasteiger partial charge in [-0.2, -0.15) is 0 Å². The second kappa shape index (κ2) is 7.97. The molecule has 1 saturated heterocycles. The molecule has 2 N–H and O–H groups in total. The molecule has 22 heavy (non-hydrogen) atoms.